The molecule has 132 valence electrons. The number of benzene rings is 1. The van der Waals surface area contributed by atoms with Crippen LogP contribution in [0.2, 0.25) is 0 Å². The van der Waals surface area contributed by atoms with Gasteiger partial charge in [0.2, 0.25) is 17.7 Å². The van der Waals surface area contributed by atoms with Crippen LogP contribution >= 0.6 is 0 Å². The molecule has 1 saturated heterocycles. The molecular weight excluding hydrogens is 320 g/mol. The van der Waals surface area contributed by atoms with Crippen LogP contribution in [-0.4, -0.2) is 60.2 Å². The van der Waals surface area contributed by atoms with Gasteiger partial charge in [0.15, 0.2) is 0 Å². The van der Waals surface area contributed by atoms with Crippen molar-refractivity contribution in [3.05, 3.63) is 29.8 Å². The van der Waals surface area contributed by atoms with Gasteiger partial charge in [-0.05, 0) is 24.3 Å². The van der Waals surface area contributed by atoms with Gasteiger partial charge >= 0.3 is 0 Å². The lowest BCUT2D eigenvalue weighted by Crippen LogP contribution is -2.50. The molecule has 25 heavy (non-hydrogen) atoms. The fraction of sp³-hybridized carbons (Fsp3) is 0.444. The number of carbonyl (C=O) groups excluding carboxylic acids is 3. The first kappa shape index (κ1) is 18.5. The Morgan fingerprint density at radius 3 is 2.08 bits per heavy atom. The van der Waals surface area contributed by atoms with Gasteiger partial charge in [0, 0.05) is 58.7 Å². The summed E-state index contributed by atoms with van der Waals surface area (Å²) in [6.07, 6.45) is 0.222. The minimum absolute atomic E-state index is 0.0238. The van der Waals surface area contributed by atoms with Gasteiger partial charge in [-0.2, -0.15) is 5.26 Å². The van der Waals surface area contributed by atoms with E-state index in [1.54, 1.807) is 34.1 Å². The quantitative estimate of drug-likeness (QED) is 0.817. The number of piperazine rings is 1. The van der Waals surface area contributed by atoms with Gasteiger partial charge in [-0.15, -0.1) is 0 Å². The maximum absolute atomic E-state index is 12.4. The SMILES string of the molecule is CC(=O)N1CCN(C(=O)CCN(C(C)=O)c2ccc(C#N)cc2)CC1. The van der Waals surface area contributed by atoms with Gasteiger partial charge < -0.3 is 14.7 Å². The average molecular weight is 342 g/mol. The summed E-state index contributed by atoms with van der Waals surface area (Å²) in [5.74, 6) is -0.155. The lowest BCUT2D eigenvalue weighted by Gasteiger charge is -2.34. The molecule has 0 N–H and O–H groups in total. The molecule has 0 unspecified atom stereocenters. The highest BCUT2D eigenvalue weighted by atomic mass is 16.2. The Hall–Kier alpha value is -2.88. The molecule has 7 nitrogen and oxygen atoms in total. The van der Waals surface area contributed by atoms with E-state index in [9.17, 15) is 14.4 Å². The van der Waals surface area contributed by atoms with Gasteiger partial charge in [0.1, 0.15) is 0 Å². The predicted molar refractivity (Wildman–Crippen MR) is 92.6 cm³/mol. The monoisotopic (exact) mass is 342 g/mol. The molecule has 1 aliphatic heterocycles. The predicted octanol–water partition coefficient (Wildman–Crippen LogP) is 0.992. The van der Waals surface area contributed by atoms with Crippen LogP contribution in [0.5, 0.6) is 0 Å². The molecule has 1 aromatic rings. The molecule has 0 spiro atoms. The molecule has 2 rings (SSSR count). The largest absolute Gasteiger partial charge is 0.339 e. The van der Waals surface area contributed by atoms with Crippen molar-refractivity contribution in [1.29, 1.82) is 5.26 Å². The number of anilines is 1. The van der Waals surface area contributed by atoms with Crippen molar-refractivity contribution in [3.8, 4) is 6.07 Å². The molecule has 0 aliphatic carbocycles. The van der Waals surface area contributed by atoms with E-state index < -0.39 is 0 Å². The number of hydrogen-bond acceptors (Lipinski definition) is 4. The molecule has 0 radical (unpaired) electrons. The van der Waals surface area contributed by atoms with Crippen LogP contribution in [0.15, 0.2) is 24.3 Å². The Bertz CT molecular complexity index is 685. The Labute approximate surface area is 147 Å². The fourth-order valence-electron chi connectivity index (χ4n) is 2.82. The van der Waals surface area contributed by atoms with E-state index >= 15 is 0 Å². The Morgan fingerprint density at radius 2 is 1.60 bits per heavy atom. The third-order valence-corrected chi connectivity index (χ3v) is 4.32. The molecular formula is C18H22N4O3. The zero-order valence-corrected chi connectivity index (χ0v) is 14.6. The first-order valence-electron chi connectivity index (χ1n) is 8.24. The molecule has 0 bridgehead atoms. The third kappa shape index (κ3) is 4.80. The van der Waals surface area contributed by atoms with Crippen molar-refractivity contribution < 1.29 is 14.4 Å². The summed E-state index contributed by atoms with van der Waals surface area (Å²) < 4.78 is 0. The summed E-state index contributed by atoms with van der Waals surface area (Å²) in [6, 6.07) is 8.74. The molecule has 1 heterocycles. The molecule has 0 aromatic heterocycles. The summed E-state index contributed by atoms with van der Waals surface area (Å²) in [4.78, 5) is 40.6. The summed E-state index contributed by atoms with van der Waals surface area (Å²) in [5, 5.41) is 8.84. The molecule has 0 atom stereocenters. The van der Waals surface area contributed by atoms with Crippen molar-refractivity contribution in [3.63, 3.8) is 0 Å². The van der Waals surface area contributed by atoms with Crippen LogP contribution in [0.1, 0.15) is 25.8 Å². The Kier molecular flexibility index (Phi) is 6.12. The van der Waals surface area contributed by atoms with Gasteiger partial charge in [0.05, 0.1) is 11.6 Å². The Morgan fingerprint density at radius 1 is 1.04 bits per heavy atom. The Balaban J connectivity index is 1.92. The number of nitrogens with zero attached hydrogens (tertiary/aromatic N) is 4. The molecule has 1 aromatic carbocycles. The number of nitriles is 1. The highest BCUT2D eigenvalue weighted by Gasteiger charge is 2.23. The van der Waals surface area contributed by atoms with Crippen LogP contribution in [0.3, 0.4) is 0 Å². The molecule has 7 heteroatoms. The van der Waals surface area contributed by atoms with Crippen molar-refractivity contribution >= 4 is 23.4 Å². The molecule has 3 amide bonds. The van der Waals surface area contributed by atoms with E-state index in [4.69, 9.17) is 5.26 Å². The fourth-order valence-corrected chi connectivity index (χ4v) is 2.82. The standard InChI is InChI=1S/C18H22N4O3/c1-14(23)20-9-11-21(12-10-20)18(25)7-8-22(15(2)24)17-5-3-16(13-19)4-6-17/h3-6H,7-12H2,1-2H3. The van der Waals surface area contributed by atoms with E-state index in [1.165, 1.54) is 18.7 Å². The van der Waals surface area contributed by atoms with E-state index in [0.29, 0.717) is 37.4 Å². The zero-order valence-electron chi connectivity index (χ0n) is 14.6. The first-order chi connectivity index (χ1) is 11.9. The van der Waals surface area contributed by atoms with Crippen LogP contribution < -0.4 is 4.90 Å². The molecule has 1 aliphatic rings. The van der Waals surface area contributed by atoms with Crippen LogP contribution in [-0.2, 0) is 14.4 Å². The van der Waals surface area contributed by atoms with Gasteiger partial charge in [-0.1, -0.05) is 0 Å². The average Bonchev–Trinajstić information content (AvgIpc) is 2.62. The van der Waals surface area contributed by atoms with E-state index in [0.717, 1.165) is 0 Å². The smallest absolute Gasteiger partial charge is 0.224 e. The lowest BCUT2D eigenvalue weighted by molar-refractivity contribution is -0.138. The first-order valence-corrected chi connectivity index (χ1v) is 8.24. The zero-order chi connectivity index (χ0) is 18.4. The van der Waals surface area contributed by atoms with Crippen LogP contribution in [0.4, 0.5) is 5.69 Å². The summed E-state index contributed by atoms with van der Waals surface area (Å²) in [7, 11) is 0. The van der Waals surface area contributed by atoms with Crippen molar-refractivity contribution in [2.75, 3.05) is 37.6 Å². The second-order valence-corrected chi connectivity index (χ2v) is 5.97. The maximum atomic E-state index is 12.4. The number of rotatable bonds is 4. The molecule has 1 fully saturated rings. The topological polar surface area (TPSA) is 84.7 Å². The summed E-state index contributed by atoms with van der Waals surface area (Å²) in [5.41, 5.74) is 1.19. The van der Waals surface area contributed by atoms with Crippen molar-refractivity contribution in [1.82, 2.24) is 9.80 Å². The summed E-state index contributed by atoms with van der Waals surface area (Å²) >= 11 is 0. The van der Waals surface area contributed by atoms with Gasteiger partial charge in [-0.3, -0.25) is 14.4 Å². The van der Waals surface area contributed by atoms with E-state index in [1.807, 2.05) is 6.07 Å². The highest BCUT2D eigenvalue weighted by Crippen LogP contribution is 2.16. The van der Waals surface area contributed by atoms with Gasteiger partial charge in [-0.25, -0.2) is 0 Å². The van der Waals surface area contributed by atoms with Crippen LogP contribution in [0.25, 0.3) is 0 Å². The minimum atomic E-state index is -0.154. The summed E-state index contributed by atoms with van der Waals surface area (Å²) in [6.45, 7) is 5.41. The lowest BCUT2D eigenvalue weighted by atomic mass is 10.2. The van der Waals surface area contributed by atoms with Crippen molar-refractivity contribution in [2.24, 2.45) is 0 Å². The second-order valence-electron chi connectivity index (χ2n) is 5.97. The van der Waals surface area contributed by atoms with E-state index in [2.05, 4.69) is 0 Å². The maximum Gasteiger partial charge on any atom is 0.224 e. The second kappa shape index (κ2) is 8.29. The third-order valence-electron chi connectivity index (χ3n) is 4.32. The normalized spacial score (nSPS) is 14.0. The van der Waals surface area contributed by atoms with Crippen LogP contribution in [0, 0.1) is 11.3 Å². The number of amides is 3. The van der Waals surface area contributed by atoms with Crippen molar-refractivity contribution in [2.45, 2.75) is 20.3 Å². The number of carbonyl (C=O) groups is 3. The number of hydrogen-bond donors (Lipinski definition) is 0. The highest BCUT2D eigenvalue weighted by molar-refractivity contribution is 5.92. The molecule has 0 saturated carbocycles. The van der Waals surface area contributed by atoms with Gasteiger partial charge in [0.25, 0.3) is 0 Å². The van der Waals surface area contributed by atoms with E-state index in [-0.39, 0.29) is 30.7 Å². The minimum Gasteiger partial charge on any atom is -0.339 e.